The first-order valence-corrected chi connectivity index (χ1v) is 12.0. The summed E-state index contributed by atoms with van der Waals surface area (Å²) >= 11 is 6.60. The minimum absolute atomic E-state index is 0.0642. The first-order valence-electron chi connectivity index (χ1n) is 9.29. The number of anilines is 1. The van der Waals surface area contributed by atoms with Gasteiger partial charge in [-0.25, -0.2) is 17.9 Å². The molecular weight excluding hydrogens is 470 g/mol. The highest BCUT2D eigenvalue weighted by atomic mass is 35.5. The molecule has 0 aliphatic rings. The molecule has 2 N–H and O–H groups in total. The Labute approximate surface area is 193 Å². The topological polar surface area (TPSA) is 97.3 Å². The number of nitrogens with one attached hydrogen (secondary N) is 2. The molecule has 0 fully saturated rings. The smallest absolute Gasteiger partial charge is 0.307 e. The lowest BCUT2D eigenvalue weighted by molar-refractivity contribution is 0.256. The van der Waals surface area contributed by atoms with E-state index in [0.29, 0.717) is 15.7 Å². The fraction of sp³-hybridized carbons (Fsp3) is 0. The predicted molar refractivity (Wildman–Crippen MR) is 126 cm³/mol. The molecule has 0 radical (unpaired) electrons. The van der Waals surface area contributed by atoms with Crippen molar-refractivity contribution in [2.45, 2.75) is 4.21 Å². The van der Waals surface area contributed by atoms with Crippen LogP contribution in [-0.2, 0) is 10.0 Å². The number of thiophene rings is 1. The molecule has 2 aromatic heterocycles. The van der Waals surface area contributed by atoms with E-state index in [9.17, 15) is 18.0 Å². The number of carbonyl (C=O) groups is 1. The molecule has 162 valence electrons. The number of pyridine rings is 1. The third-order valence-electron chi connectivity index (χ3n) is 4.46. The molecule has 2 amide bonds. The molecule has 0 unspecified atom stereocenters. The zero-order valence-corrected chi connectivity index (χ0v) is 18.7. The van der Waals surface area contributed by atoms with Crippen LogP contribution in [-0.4, -0.2) is 19.0 Å². The van der Waals surface area contributed by atoms with Crippen molar-refractivity contribution in [3.8, 4) is 16.8 Å². The average Bonchev–Trinajstić information content (AvgIpc) is 3.22. The number of carbonyl (C=O) groups excluding carboxylic acids is 1. The Kier molecular flexibility index (Phi) is 6.13. The summed E-state index contributed by atoms with van der Waals surface area (Å²) in [4.78, 5) is 24.5. The van der Waals surface area contributed by atoms with Crippen LogP contribution in [0.4, 0.5) is 10.5 Å². The van der Waals surface area contributed by atoms with Gasteiger partial charge < -0.3 is 5.32 Å². The second kappa shape index (κ2) is 8.99. The maximum Gasteiger partial charge on any atom is 0.333 e. The molecule has 0 saturated heterocycles. The zero-order valence-electron chi connectivity index (χ0n) is 16.4. The van der Waals surface area contributed by atoms with E-state index in [-0.39, 0.29) is 9.77 Å². The van der Waals surface area contributed by atoms with Gasteiger partial charge in [-0.3, -0.25) is 9.36 Å². The van der Waals surface area contributed by atoms with Crippen LogP contribution in [0.15, 0.2) is 94.1 Å². The fourth-order valence-corrected chi connectivity index (χ4v) is 5.36. The standard InChI is InChI=1S/C22H16ClN3O4S2/c23-19-11-13-21(31-19)32(29,30)25-22(28)24-17-7-9-18(10-8-17)26-14-16(6-12-20(26)27)15-4-2-1-3-5-15/h1-14H,(H2,24,25,28). The van der Waals surface area contributed by atoms with Gasteiger partial charge in [0.05, 0.1) is 4.34 Å². The average molecular weight is 486 g/mol. The van der Waals surface area contributed by atoms with E-state index in [4.69, 9.17) is 11.6 Å². The van der Waals surface area contributed by atoms with Crippen LogP contribution in [0.25, 0.3) is 16.8 Å². The summed E-state index contributed by atoms with van der Waals surface area (Å²) in [6.45, 7) is 0. The highest BCUT2D eigenvalue weighted by Gasteiger charge is 2.19. The number of hydrogen-bond donors (Lipinski definition) is 2. The van der Waals surface area contributed by atoms with Crippen molar-refractivity contribution in [2.24, 2.45) is 0 Å². The van der Waals surface area contributed by atoms with Gasteiger partial charge in [0.15, 0.2) is 0 Å². The van der Waals surface area contributed by atoms with Crippen molar-refractivity contribution >= 4 is 44.7 Å². The van der Waals surface area contributed by atoms with Crippen molar-refractivity contribution in [3.05, 3.63) is 99.7 Å². The van der Waals surface area contributed by atoms with Gasteiger partial charge in [0, 0.05) is 23.6 Å². The van der Waals surface area contributed by atoms with Gasteiger partial charge >= 0.3 is 6.03 Å². The summed E-state index contributed by atoms with van der Waals surface area (Å²) in [6.07, 6.45) is 1.74. The first-order chi connectivity index (χ1) is 15.3. The summed E-state index contributed by atoms with van der Waals surface area (Å²) in [5.41, 5.74) is 2.61. The Morgan fingerprint density at radius 3 is 2.25 bits per heavy atom. The van der Waals surface area contributed by atoms with Crippen LogP contribution >= 0.6 is 22.9 Å². The van der Waals surface area contributed by atoms with Gasteiger partial charge in [0.2, 0.25) is 0 Å². The molecule has 0 atom stereocenters. The molecule has 4 aromatic rings. The van der Waals surface area contributed by atoms with E-state index < -0.39 is 16.1 Å². The number of sulfonamides is 1. The Morgan fingerprint density at radius 1 is 0.875 bits per heavy atom. The molecule has 32 heavy (non-hydrogen) atoms. The lowest BCUT2D eigenvalue weighted by Gasteiger charge is -2.11. The van der Waals surface area contributed by atoms with Crippen LogP contribution in [0.2, 0.25) is 4.34 Å². The normalized spacial score (nSPS) is 11.2. The van der Waals surface area contributed by atoms with Crippen molar-refractivity contribution in [3.63, 3.8) is 0 Å². The Balaban J connectivity index is 1.50. The Hall–Kier alpha value is -3.40. The quantitative estimate of drug-likeness (QED) is 0.427. The highest BCUT2D eigenvalue weighted by Crippen LogP contribution is 2.25. The van der Waals surface area contributed by atoms with E-state index in [0.717, 1.165) is 22.5 Å². The van der Waals surface area contributed by atoms with Gasteiger partial charge in [-0.2, -0.15) is 0 Å². The van der Waals surface area contributed by atoms with E-state index >= 15 is 0 Å². The first kappa shape index (κ1) is 21.8. The summed E-state index contributed by atoms with van der Waals surface area (Å²) in [5, 5.41) is 2.46. The maximum atomic E-state index is 12.4. The lowest BCUT2D eigenvalue weighted by atomic mass is 10.1. The molecule has 0 saturated carbocycles. The van der Waals surface area contributed by atoms with Crippen LogP contribution in [0.1, 0.15) is 0 Å². The highest BCUT2D eigenvalue weighted by molar-refractivity contribution is 7.92. The Morgan fingerprint density at radius 2 is 1.59 bits per heavy atom. The molecule has 2 aromatic carbocycles. The summed E-state index contributed by atoms with van der Waals surface area (Å²) < 4.78 is 28.1. The number of nitrogens with zero attached hydrogens (tertiary/aromatic N) is 1. The van der Waals surface area contributed by atoms with Gasteiger partial charge in [0.1, 0.15) is 4.21 Å². The Bertz CT molecular complexity index is 1430. The molecule has 0 aliphatic heterocycles. The van der Waals surface area contributed by atoms with E-state index in [1.807, 2.05) is 35.1 Å². The zero-order chi connectivity index (χ0) is 22.7. The molecule has 4 rings (SSSR count). The second-order valence-electron chi connectivity index (χ2n) is 6.66. The number of hydrogen-bond acceptors (Lipinski definition) is 5. The molecule has 7 nitrogen and oxygen atoms in total. The summed E-state index contributed by atoms with van der Waals surface area (Å²) in [7, 11) is -4.02. The second-order valence-corrected chi connectivity index (χ2v) is 10.3. The third-order valence-corrected chi connectivity index (χ3v) is 7.52. The third kappa shape index (κ3) is 4.91. The molecule has 0 bridgehead atoms. The van der Waals surface area contributed by atoms with E-state index in [1.165, 1.54) is 22.8 Å². The number of urea groups is 1. The minimum atomic E-state index is -4.02. The number of aromatic nitrogens is 1. The van der Waals surface area contributed by atoms with Crippen LogP contribution < -0.4 is 15.6 Å². The van der Waals surface area contributed by atoms with Crippen LogP contribution in [0.3, 0.4) is 0 Å². The van der Waals surface area contributed by atoms with Gasteiger partial charge in [0.25, 0.3) is 15.6 Å². The van der Waals surface area contributed by atoms with Gasteiger partial charge in [-0.15, -0.1) is 11.3 Å². The van der Waals surface area contributed by atoms with E-state index in [1.54, 1.807) is 36.5 Å². The van der Waals surface area contributed by atoms with Gasteiger partial charge in [-0.05, 0) is 53.6 Å². The number of rotatable bonds is 5. The molecule has 0 aliphatic carbocycles. The predicted octanol–water partition coefficient (Wildman–Crippen LogP) is 4.73. The molecule has 10 heteroatoms. The van der Waals surface area contributed by atoms with Crippen molar-refractivity contribution in [1.82, 2.24) is 9.29 Å². The van der Waals surface area contributed by atoms with Gasteiger partial charge in [-0.1, -0.05) is 41.9 Å². The largest absolute Gasteiger partial charge is 0.333 e. The molecular formula is C22H16ClN3O4S2. The maximum absolute atomic E-state index is 12.4. The minimum Gasteiger partial charge on any atom is -0.307 e. The van der Waals surface area contributed by atoms with Crippen LogP contribution in [0, 0.1) is 0 Å². The van der Waals surface area contributed by atoms with Crippen molar-refractivity contribution in [1.29, 1.82) is 0 Å². The molecule has 2 heterocycles. The van der Waals surface area contributed by atoms with E-state index in [2.05, 4.69) is 5.32 Å². The fourth-order valence-electron chi connectivity index (χ4n) is 2.97. The van der Waals surface area contributed by atoms with Crippen LogP contribution in [0.5, 0.6) is 0 Å². The monoisotopic (exact) mass is 485 g/mol. The van der Waals surface area contributed by atoms with Crippen molar-refractivity contribution in [2.75, 3.05) is 5.32 Å². The number of benzene rings is 2. The summed E-state index contributed by atoms with van der Waals surface area (Å²) in [6, 6.07) is 21.2. The number of halogens is 1. The summed E-state index contributed by atoms with van der Waals surface area (Å²) in [5.74, 6) is 0. The SMILES string of the molecule is O=C(Nc1ccc(-n2cc(-c3ccccc3)ccc2=O)cc1)NS(=O)(=O)c1ccc(Cl)s1. The number of amides is 2. The lowest BCUT2D eigenvalue weighted by Crippen LogP contribution is -2.33. The molecule has 0 spiro atoms. The van der Waals surface area contributed by atoms with Crippen molar-refractivity contribution < 1.29 is 13.2 Å².